The average molecular weight is 410 g/mol. The monoisotopic (exact) mass is 409 g/mol. The van der Waals surface area contributed by atoms with Gasteiger partial charge in [0.15, 0.2) is 11.5 Å². The van der Waals surface area contributed by atoms with Gasteiger partial charge in [0.1, 0.15) is 6.61 Å². The van der Waals surface area contributed by atoms with E-state index in [0.29, 0.717) is 16.5 Å². The van der Waals surface area contributed by atoms with Gasteiger partial charge in [-0.2, -0.15) is 5.10 Å². The minimum Gasteiger partial charge on any atom is -0.485 e. The molecule has 1 aliphatic rings. The highest BCUT2D eigenvalue weighted by molar-refractivity contribution is 6.30. The van der Waals surface area contributed by atoms with Crippen molar-refractivity contribution in [3.8, 4) is 17.2 Å². The third-order valence-corrected chi connectivity index (χ3v) is 4.99. The van der Waals surface area contributed by atoms with Gasteiger partial charge >= 0.3 is 0 Å². The minimum atomic E-state index is -0.747. The molecule has 0 saturated carbocycles. The Labute approximate surface area is 173 Å². The van der Waals surface area contributed by atoms with Gasteiger partial charge in [-0.25, -0.2) is 5.43 Å². The summed E-state index contributed by atoms with van der Waals surface area (Å²) in [5.74, 6) is 0.825. The van der Waals surface area contributed by atoms with Crippen LogP contribution in [0.2, 0.25) is 5.02 Å². The Morgan fingerprint density at radius 2 is 1.90 bits per heavy atom. The van der Waals surface area contributed by atoms with Gasteiger partial charge in [0.05, 0.1) is 6.21 Å². The lowest BCUT2D eigenvalue weighted by atomic mass is 10.2. The Morgan fingerprint density at radius 3 is 2.66 bits per heavy atom. The number of amides is 1. The summed E-state index contributed by atoms with van der Waals surface area (Å²) < 4.78 is 13.4. The molecule has 0 radical (unpaired) electrons. The van der Waals surface area contributed by atoms with Crippen molar-refractivity contribution in [2.24, 2.45) is 5.10 Å². The summed E-state index contributed by atoms with van der Waals surface area (Å²) in [6.07, 6.45) is 0.883. The molecule has 0 saturated heterocycles. The number of hydrogen-bond acceptors (Lipinski definition) is 4. The number of halogens is 1. The Hall–Kier alpha value is -3.25. The molecular formula is C22H20ClN3O3. The fourth-order valence-corrected chi connectivity index (χ4v) is 3.42. The standard InChI is InChI=1S/C22H20ClN3O3/c1-14-11-16(15(2)26(14)18-9-7-17(23)8-10-18)12-24-25-22(27)21-13-28-19-5-3-4-6-20(19)29-21/h3-12,21H,13H2,1-2H3,(H,25,27)/b24-12+. The van der Waals surface area contributed by atoms with Gasteiger partial charge in [0, 0.05) is 27.7 Å². The number of nitrogens with one attached hydrogen (secondary N) is 1. The molecule has 1 atom stereocenters. The summed E-state index contributed by atoms with van der Waals surface area (Å²) in [5, 5.41) is 4.79. The van der Waals surface area contributed by atoms with Crippen LogP contribution >= 0.6 is 11.6 Å². The Bertz CT molecular complexity index is 1070. The van der Waals surface area contributed by atoms with E-state index in [4.69, 9.17) is 21.1 Å². The number of carbonyl (C=O) groups excluding carboxylic acids is 1. The van der Waals surface area contributed by atoms with E-state index in [1.165, 1.54) is 0 Å². The van der Waals surface area contributed by atoms with E-state index < -0.39 is 6.10 Å². The number of rotatable bonds is 4. The zero-order valence-corrected chi connectivity index (χ0v) is 16.8. The summed E-state index contributed by atoms with van der Waals surface area (Å²) in [6.45, 7) is 4.16. The lowest BCUT2D eigenvalue weighted by Crippen LogP contribution is -2.42. The molecule has 1 unspecified atom stereocenters. The maximum absolute atomic E-state index is 12.4. The first-order valence-corrected chi connectivity index (χ1v) is 9.57. The number of hydrazone groups is 1. The van der Waals surface area contributed by atoms with Crippen molar-refractivity contribution >= 4 is 23.7 Å². The van der Waals surface area contributed by atoms with Crippen LogP contribution in [0.4, 0.5) is 0 Å². The summed E-state index contributed by atoms with van der Waals surface area (Å²) >= 11 is 5.98. The molecule has 3 aromatic rings. The first-order chi connectivity index (χ1) is 14.0. The molecule has 7 heteroatoms. The van der Waals surface area contributed by atoms with Crippen LogP contribution in [0.3, 0.4) is 0 Å². The molecule has 1 aliphatic heterocycles. The van der Waals surface area contributed by atoms with Crippen molar-refractivity contribution in [3.63, 3.8) is 0 Å². The number of hydrogen-bond donors (Lipinski definition) is 1. The van der Waals surface area contributed by atoms with E-state index in [2.05, 4.69) is 15.1 Å². The van der Waals surface area contributed by atoms with Gasteiger partial charge in [0.25, 0.3) is 5.91 Å². The number of carbonyl (C=O) groups is 1. The van der Waals surface area contributed by atoms with Crippen molar-refractivity contribution in [1.29, 1.82) is 0 Å². The predicted molar refractivity (Wildman–Crippen MR) is 112 cm³/mol. The number of fused-ring (bicyclic) bond motifs is 1. The lowest BCUT2D eigenvalue weighted by molar-refractivity contribution is -0.130. The van der Waals surface area contributed by atoms with Crippen LogP contribution in [-0.4, -0.2) is 29.4 Å². The van der Waals surface area contributed by atoms with Gasteiger partial charge in [-0.05, 0) is 56.3 Å². The maximum atomic E-state index is 12.4. The summed E-state index contributed by atoms with van der Waals surface area (Å²) in [4.78, 5) is 12.4. The SMILES string of the molecule is Cc1cc(/C=N/NC(=O)C2COc3ccccc3O2)c(C)n1-c1ccc(Cl)cc1. The normalized spacial score (nSPS) is 15.5. The van der Waals surface area contributed by atoms with Crippen LogP contribution < -0.4 is 14.9 Å². The zero-order chi connectivity index (χ0) is 20.4. The molecule has 4 rings (SSSR count). The van der Waals surface area contributed by atoms with E-state index in [1.807, 2.05) is 56.3 Å². The van der Waals surface area contributed by atoms with Gasteiger partial charge in [0.2, 0.25) is 6.10 Å². The van der Waals surface area contributed by atoms with Crippen LogP contribution in [0, 0.1) is 13.8 Å². The van der Waals surface area contributed by atoms with Crippen LogP contribution in [0.1, 0.15) is 17.0 Å². The number of aryl methyl sites for hydroxylation is 1. The van der Waals surface area contributed by atoms with Crippen molar-refractivity contribution < 1.29 is 14.3 Å². The van der Waals surface area contributed by atoms with Gasteiger partial charge in [-0.3, -0.25) is 4.79 Å². The van der Waals surface area contributed by atoms with Crippen LogP contribution in [0.5, 0.6) is 11.5 Å². The lowest BCUT2D eigenvalue weighted by Gasteiger charge is -2.24. The molecule has 0 spiro atoms. The van der Waals surface area contributed by atoms with Gasteiger partial charge in [-0.1, -0.05) is 23.7 Å². The van der Waals surface area contributed by atoms with E-state index in [1.54, 1.807) is 18.3 Å². The topological polar surface area (TPSA) is 64.8 Å². The Balaban J connectivity index is 1.44. The molecule has 1 amide bonds. The second-order valence-electron chi connectivity index (χ2n) is 6.74. The molecule has 29 heavy (non-hydrogen) atoms. The average Bonchev–Trinajstić information content (AvgIpc) is 3.01. The van der Waals surface area contributed by atoms with Crippen molar-refractivity contribution in [2.45, 2.75) is 20.0 Å². The van der Waals surface area contributed by atoms with Crippen LogP contribution in [0.15, 0.2) is 59.7 Å². The molecule has 2 heterocycles. The molecular weight excluding hydrogens is 390 g/mol. The minimum absolute atomic E-state index is 0.142. The summed E-state index contributed by atoms with van der Waals surface area (Å²) in [6, 6.07) is 16.9. The first kappa shape index (κ1) is 19.1. The second kappa shape index (κ2) is 8.01. The summed E-state index contributed by atoms with van der Waals surface area (Å²) in [5.41, 5.74) is 6.52. The van der Waals surface area contributed by atoms with Gasteiger partial charge < -0.3 is 14.0 Å². The van der Waals surface area contributed by atoms with E-state index in [-0.39, 0.29) is 12.5 Å². The van der Waals surface area contributed by atoms with Crippen LogP contribution in [-0.2, 0) is 4.79 Å². The van der Waals surface area contributed by atoms with E-state index in [9.17, 15) is 4.79 Å². The molecule has 0 bridgehead atoms. The molecule has 0 fully saturated rings. The number of ether oxygens (including phenoxy) is 2. The fraction of sp³-hybridized carbons (Fsp3) is 0.182. The quantitative estimate of drug-likeness (QED) is 0.522. The van der Waals surface area contributed by atoms with Crippen molar-refractivity contribution in [1.82, 2.24) is 9.99 Å². The van der Waals surface area contributed by atoms with Gasteiger partial charge in [-0.15, -0.1) is 0 Å². The third-order valence-electron chi connectivity index (χ3n) is 4.73. The zero-order valence-electron chi connectivity index (χ0n) is 16.1. The number of para-hydroxylation sites is 2. The maximum Gasteiger partial charge on any atom is 0.284 e. The number of aromatic nitrogens is 1. The van der Waals surface area contributed by atoms with E-state index >= 15 is 0 Å². The highest BCUT2D eigenvalue weighted by Gasteiger charge is 2.27. The first-order valence-electron chi connectivity index (χ1n) is 9.19. The molecule has 2 aromatic carbocycles. The largest absolute Gasteiger partial charge is 0.485 e. The molecule has 148 valence electrons. The second-order valence-corrected chi connectivity index (χ2v) is 7.17. The fourth-order valence-electron chi connectivity index (χ4n) is 3.29. The molecule has 6 nitrogen and oxygen atoms in total. The Kier molecular flexibility index (Phi) is 5.27. The van der Waals surface area contributed by atoms with Crippen LogP contribution in [0.25, 0.3) is 5.69 Å². The smallest absolute Gasteiger partial charge is 0.284 e. The highest BCUT2D eigenvalue weighted by atomic mass is 35.5. The van der Waals surface area contributed by atoms with E-state index in [0.717, 1.165) is 22.6 Å². The predicted octanol–water partition coefficient (Wildman–Crippen LogP) is 4.04. The Morgan fingerprint density at radius 1 is 1.17 bits per heavy atom. The van der Waals surface area contributed by atoms with Crippen molar-refractivity contribution in [2.75, 3.05) is 6.61 Å². The number of benzene rings is 2. The molecule has 1 N–H and O–H groups in total. The summed E-state index contributed by atoms with van der Waals surface area (Å²) in [7, 11) is 0. The molecule has 0 aliphatic carbocycles. The molecule has 1 aromatic heterocycles. The highest BCUT2D eigenvalue weighted by Crippen LogP contribution is 2.30. The van der Waals surface area contributed by atoms with Crippen molar-refractivity contribution in [3.05, 3.63) is 76.6 Å². The third kappa shape index (κ3) is 3.98. The number of nitrogens with zero attached hydrogens (tertiary/aromatic N) is 2.